The zero-order chi connectivity index (χ0) is 16.0. The van der Waals surface area contributed by atoms with Gasteiger partial charge in [0.2, 0.25) is 0 Å². The van der Waals surface area contributed by atoms with Gasteiger partial charge in [-0.2, -0.15) is 0 Å². The van der Waals surface area contributed by atoms with Crippen molar-refractivity contribution in [2.75, 3.05) is 19.0 Å². The maximum Gasteiger partial charge on any atom is 0.123 e. The Balaban J connectivity index is 2.07. The topological polar surface area (TPSA) is 29.0 Å². The third-order valence-corrected chi connectivity index (χ3v) is 4.71. The van der Waals surface area contributed by atoms with Crippen LogP contribution in [-0.4, -0.2) is 24.1 Å². The monoisotopic (exact) mass is 323 g/mol. The van der Waals surface area contributed by atoms with Crippen molar-refractivity contribution in [3.05, 3.63) is 53.8 Å². The van der Waals surface area contributed by atoms with E-state index in [-0.39, 0.29) is 5.82 Å². The van der Waals surface area contributed by atoms with E-state index in [4.69, 9.17) is 4.98 Å². The van der Waals surface area contributed by atoms with Crippen LogP contribution >= 0.6 is 11.3 Å². The van der Waals surface area contributed by atoms with Crippen LogP contribution in [0.3, 0.4) is 0 Å². The molecule has 0 N–H and O–H groups in total. The number of halogens is 1. The van der Waals surface area contributed by atoms with E-state index in [1.165, 1.54) is 12.1 Å². The van der Waals surface area contributed by atoms with Crippen LogP contribution in [0.25, 0.3) is 32.4 Å². The minimum atomic E-state index is -0.256. The molecule has 114 valence electrons. The Morgan fingerprint density at radius 3 is 2.65 bits per heavy atom. The molecule has 0 amide bonds. The number of rotatable bonds is 2. The van der Waals surface area contributed by atoms with E-state index in [0.717, 1.165) is 38.1 Å². The zero-order valence-electron chi connectivity index (χ0n) is 12.7. The number of anilines is 1. The van der Waals surface area contributed by atoms with Gasteiger partial charge >= 0.3 is 0 Å². The fourth-order valence-corrected chi connectivity index (χ4v) is 3.61. The van der Waals surface area contributed by atoms with Crippen LogP contribution in [0.5, 0.6) is 0 Å². The minimum absolute atomic E-state index is 0.256. The van der Waals surface area contributed by atoms with Crippen molar-refractivity contribution in [2.24, 2.45) is 0 Å². The smallest absolute Gasteiger partial charge is 0.123 e. The van der Waals surface area contributed by atoms with Crippen molar-refractivity contribution in [2.45, 2.75) is 0 Å². The lowest BCUT2D eigenvalue weighted by Gasteiger charge is -2.17. The summed E-state index contributed by atoms with van der Waals surface area (Å²) in [7, 11) is 4.01. The summed E-state index contributed by atoms with van der Waals surface area (Å²) in [6.07, 6.45) is 0. The Hall–Kier alpha value is -2.53. The molecule has 0 aliphatic rings. The van der Waals surface area contributed by atoms with Crippen molar-refractivity contribution in [3.63, 3.8) is 0 Å². The van der Waals surface area contributed by atoms with Gasteiger partial charge in [0.1, 0.15) is 5.82 Å². The molecule has 0 aliphatic carbocycles. The number of hydrogen-bond donors (Lipinski definition) is 0. The summed E-state index contributed by atoms with van der Waals surface area (Å²) in [6.45, 7) is 0. The number of nitrogens with zero attached hydrogens (tertiary/aromatic N) is 3. The highest BCUT2D eigenvalue weighted by molar-refractivity contribution is 7.17. The van der Waals surface area contributed by atoms with Gasteiger partial charge in [-0.25, -0.2) is 14.4 Å². The maximum absolute atomic E-state index is 13.5. The highest BCUT2D eigenvalue weighted by Crippen LogP contribution is 2.36. The van der Waals surface area contributed by atoms with Crippen LogP contribution in [0.15, 0.2) is 48.0 Å². The normalized spacial score (nSPS) is 11.3. The highest BCUT2D eigenvalue weighted by Gasteiger charge is 2.13. The number of benzene rings is 2. The first-order valence-corrected chi connectivity index (χ1v) is 8.11. The molecule has 0 aliphatic heterocycles. The van der Waals surface area contributed by atoms with E-state index in [1.807, 2.05) is 43.9 Å². The SMILES string of the molecule is CN(C)c1cc(-c2cccc(F)c2)nc2ccc3ncsc3c12. The molecule has 0 saturated carbocycles. The molecule has 2 aromatic carbocycles. The molecule has 2 heterocycles. The third kappa shape index (κ3) is 2.33. The van der Waals surface area contributed by atoms with Crippen LogP contribution in [0.2, 0.25) is 0 Å². The molecule has 0 spiro atoms. The summed E-state index contributed by atoms with van der Waals surface area (Å²) in [5.41, 5.74) is 6.33. The van der Waals surface area contributed by atoms with Crippen molar-refractivity contribution < 1.29 is 4.39 Å². The molecule has 0 unspecified atom stereocenters. The molecule has 3 nitrogen and oxygen atoms in total. The van der Waals surface area contributed by atoms with Gasteiger partial charge in [0.25, 0.3) is 0 Å². The molecule has 0 bridgehead atoms. The Kier molecular flexibility index (Phi) is 3.23. The van der Waals surface area contributed by atoms with Crippen LogP contribution in [0, 0.1) is 5.82 Å². The van der Waals surface area contributed by atoms with Gasteiger partial charge in [-0.05, 0) is 30.3 Å². The van der Waals surface area contributed by atoms with E-state index in [9.17, 15) is 4.39 Å². The first-order chi connectivity index (χ1) is 11.1. The van der Waals surface area contributed by atoms with Gasteiger partial charge in [-0.1, -0.05) is 12.1 Å². The third-order valence-electron chi connectivity index (χ3n) is 3.85. The molecular weight excluding hydrogens is 309 g/mol. The van der Waals surface area contributed by atoms with Crippen LogP contribution in [-0.2, 0) is 0 Å². The second-order valence-electron chi connectivity index (χ2n) is 5.59. The van der Waals surface area contributed by atoms with Crippen LogP contribution < -0.4 is 4.90 Å². The molecule has 0 radical (unpaired) electrons. The van der Waals surface area contributed by atoms with Gasteiger partial charge in [0, 0.05) is 30.7 Å². The lowest BCUT2D eigenvalue weighted by molar-refractivity contribution is 0.628. The molecule has 23 heavy (non-hydrogen) atoms. The predicted octanol–water partition coefficient (Wildman–Crippen LogP) is 4.72. The minimum Gasteiger partial charge on any atom is -0.377 e. The molecule has 0 fully saturated rings. The number of fused-ring (bicyclic) bond motifs is 3. The Labute approximate surface area is 137 Å². The first-order valence-electron chi connectivity index (χ1n) is 7.24. The second-order valence-corrected chi connectivity index (χ2v) is 6.45. The summed E-state index contributed by atoms with van der Waals surface area (Å²) < 4.78 is 14.7. The standard InChI is InChI=1S/C18H14FN3S/c1-22(2)16-9-15(11-4-3-5-12(19)8-11)21-13-6-7-14-18(17(13)16)23-10-20-14/h3-10H,1-2H3. The lowest BCUT2D eigenvalue weighted by Crippen LogP contribution is -2.10. The van der Waals surface area contributed by atoms with Gasteiger partial charge in [-0.15, -0.1) is 11.3 Å². The van der Waals surface area contributed by atoms with Crippen LogP contribution in [0.4, 0.5) is 10.1 Å². The first kappa shape index (κ1) is 14.1. The fourth-order valence-electron chi connectivity index (χ4n) is 2.77. The summed E-state index contributed by atoms with van der Waals surface area (Å²) in [6, 6.07) is 12.5. The Bertz CT molecular complexity index is 1020. The van der Waals surface area contributed by atoms with E-state index < -0.39 is 0 Å². The predicted molar refractivity (Wildman–Crippen MR) is 94.6 cm³/mol. The molecule has 2 aromatic heterocycles. The fraction of sp³-hybridized carbons (Fsp3) is 0.111. The van der Waals surface area contributed by atoms with Gasteiger partial charge < -0.3 is 4.90 Å². The summed E-state index contributed by atoms with van der Waals surface area (Å²) >= 11 is 1.61. The molecule has 5 heteroatoms. The average molecular weight is 323 g/mol. The van der Waals surface area contributed by atoms with Gasteiger partial charge in [0.15, 0.2) is 0 Å². The molecule has 4 rings (SSSR count). The number of hydrogen-bond acceptors (Lipinski definition) is 4. The van der Waals surface area contributed by atoms with Crippen molar-refractivity contribution in [1.82, 2.24) is 9.97 Å². The average Bonchev–Trinajstić information content (AvgIpc) is 3.02. The highest BCUT2D eigenvalue weighted by atomic mass is 32.1. The number of aromatic nitrogens is 2. The second kappa shape index (κ2) is 5.28. The summed E-state index contributed by atoms with van der Waals surface area (Å²) in [4.78, 5) is 11.2. The van der Waals surface area contributed by atoms with Crippen molar-refractivity contribution in [1.29, 1.82) is 0 Å². The van der Waals surface area contributed by atoms with E-state index >= 15 is 0 Å². The summed E-state index contributed by atoms with van der Waals surface area (Å²) in [5.74, 6) is -0.256. The van der Waals surface area contributed by atoms with Gasteiger partial charge in [-0.3, -0.25) is 0 Å². The van der Waals surface area contributed by atoms with Crippen molar-refractivity contribution in [3.8, 4) is 11.3 Å². The number of thiazole rings is 1. The maximum atomic E-state index is 13.5. The van der Waals surface area contributed by atoms with Crippen molar-refractivity contribution >= 4 is 38.1 Å². The molecular formula is C18H14FN3S. The number of pyridine rings is 1. The Morgan fingerprint density at radius 1 is 1.04 bits per heavy atom. The van der Waals surface area contributed by atoms with Gasteiger partial charge in [0.05, 0.1) is 26.9 Å². The molecule has 0 atom stereocenters. The quantitative estimate of drug-likeness (QED) is 0.534. The Morgan fingerprint density at radius 2 is 1.87 bits per heavy atom. The largest absolute Gasteiger partial charge is 0.377 e. The molecule has 0 saturated heterocycles. The zero-order valence-corrected chi connectivity index (χ0v) is 13.6. The van der Waals surface area contributed by atoms with E-state index in [0.29, 0.717) is 0 Å². The van der Waals surface area contributed by atoms with E-state index in [1.54, 1.807) is 17.4 Å². The summed E-state index contributed by atoms with van der Waals surface area (Å²) in [5, 5.41) is 1.09. The van der Waals surface area contributed by atoms with Crippen LogP contribution in [0.1, 0.15) is 0 Å². The molecule has 4 aromatic rings. The van der Waals surface area contributed by atoms with E-state index in [2.05, 4.69) is 9.88 Å². The lowest BCUT2D eigenvalue weighted by atomic mass is 10.1.